The maximum absolute atomic E-state index is 10.6. The summed E-state index contributed by atoms with van der Waals surface area (Å²) in [5, 5.41) is 0. The van der Waals surface area contributed by atoms with E-state index in [4.69, 9.17) is 5.73 Å². The third-order valence-corrected chi connectivity index (χ3v) is 2.09. The maximum Gasteiger partial charge on any atom is 0.248 e. The summed E-state index contributed by atoms with van der Waals surface area (Å²) in [5.41, 5.74) is 5.77. The number of carbonyl (C=O) groups excluding carboxylic acids is 1. The highest BCUT2D eigenvalue weighted by Gasteiger charge is 2.35. The number of allylic oxidation sites excluding steroid dienone is 2. The Kier molecular flexibility index (Phi) is 0.982. The minimum atomic E-state index is -0.304. The molecule has 2 N–H and O–H groups in total. The Labute approximate surface area is 59.4 Å². The number of nitrogens with two attached hydrogens (primary N) is 1. The molecule has 2 aliphatic carbocycles. The molecule has 0 aromatic heterocycles. The second-order valence-electron chi connectivity index (χ2n) is 2.91. The summed E-state index contributed by atoms with van der Waals surface area (Å²) in [6.45, 7) is 0. The molecule has 1 fully saturated rings. The quantitative estimate of drug-likeness (QED) is 0.562. The molecule has 0 heterocycles. The van der Waals surface area contributed by atoms with Crippen LogP contribution < -0.4 is 5.73 Å². The van der Waals surface area contributed by atoms with E-state index in [0.29, 0.717) is 17.4 Å². The van der Waals surface area contributed by atoms with E-state index in [0.717, 1.165) is 0 Å². The highest BCUT2D eigenvalue weighted by molar-refractivity contribution is 5.95. The zero-order valence-corrected chi connectivity index (χ0v) is 5.58. The lowest BCUT2D eigenvalue weighted by Gasteiger charge is -1.99. The highest BCUT2D eigenvalue weighted by Crippen LogP contribution is 2.44. The molecule has 2 heteroatoms. The van der Waals surface area contributed by atoms with Crippen LogP contribution in [0.2, 0.25) is 0 Å². The molecule has 0 radical (unpaired) electrons. The zero-order valence-electron chi connectivity index (χ0n) is 5.58. The largest absolute Gasteiger partial charge is 0.366 e. The first-order valence-corrected chi connectivity index (χ1v) is 3.47. The van der Waals surface area contributed by atoms with E-state index >= 15 is 0 Å². The lowest BCUT2D eigenvalue weighted by molar-refractivity contribution is -0.114. The van der Waals surface area contributed by atoms with Gasteiger partial charge in [0, 0.05) is 5.57 Å². The van der Waals surface area contributed by atoms with Gasteiger partial charge < -0.3 is 5.73 Å². The Balaban J connectivity index is 2.23. The zero-order chi connectivity index (χ0) is 7.14. The number of rotatable bonds is 1. The van der Waals surface area contributed by atoms with Crippen molar-refractivity contribution >= 4 is 5.91 Å². The molecule has 2 nitrogen and oxygen atoms in total. The van der Waals surface area contributed by atoms with Gasteiger partial charge in [-0.1, -0.05) is 18.2 Å². The van der Waals surface area contributed by atoms with E-state index < -0.39 is 0 Å². The molecule has 1 saturated carbocycles. The van der Waals surface area contributed by atoms with Crippen molar-refractivity contribution in [2.24, 2.45) is 17.6 Å². The van der Waals surface area contributed by atoms with Crippen LogP contribution in [0, 0.1) is 11.8 Å². The first-order valence-electron chi connectivity index (χ1n) is 3.47. The van der Waals surface area contributed by atoms with Crippen LogP contribution in [-0.2, 0) is 4.79 Å². The summed E-state index contributed by atoms with van der Waals surface area (Å²) in [7, 11) is 0. The summed E-state index contributed by atoms with van der Waals surface area (Å²) in [4.78, 5) is 10.6. The highest BCUT2D eigenvalue weighted by atomic mass is 16.1. The fourth-order valence-electron chi connectivity index (χ4n) is 1.33. The van der Waals surface area contributed by atoms with Crippen LogP contribution in [0.1, 0.15) is 6.42 Å². The summed E-state index contributed by atoms with van der Waals surface area (Å²) in [6, 6.07) is 0. The fraction of sp³-hybridized carbons (Fsp3) is 0.375. The van der Waals surface area contributed by atoms with Gasteiger partial charge in [-0.2, -0.15) is 0 Å². The van der Waals surface area contributed by atoms with E-state index in [-0.39, 0.29) is 5.91 Å². The SMILES string of the molecule is NC(=O)C1=CC2CC2C=C1. The molecule has 2 aliphatic rings. The molecule has 0 bridgehead atoms. The van der Waals surface area contributed by atoms with Gasteiger partial charge in [0.1, 0.15) is 0 Å². The monoisotopic (exact) mass is 135 g/mol. The number of hydrogen-bond donors (Lipinski definition) is 1. The number of carbonyl (C=O) groups is 1. The van der Waals surface area contributed by atoms with Crippen molar-refractivity contribution in [2.45, 2.75) is 6.42 Å². The molecule has 0 aromatic carbocycles. The van der Waals surface area contributed by atoms with Crippen molar-refractivity contribution in [3.63, 3.8) is 0 Å². The van der Waals surface area contributed by atoms with Gasteiger partial charge in [0.05, 0.1) is 0 Å². The molecular formula is C8H9NO. The molecule has 2 rings (SSSR count). The summed E-state index contributed by atoms with van der Waals surface area (Å²) in [6.07, 6.45) is 7.08. The molecule has 10 heavy (non-hydrogen) atoms. The first kappa shape index (κ1) is 5.71. The topological polar surface area (TPSA) is 43.1 Å². The van der Waals surface area contributed by atoms with E-state index in [9.17, 15) is 4.79 Å². The lowest BCUT2D eigenvalue weighted by Crippen LogP contribution is -2.13. The molecule has 2 unspecified atom stereocenters. The summed E-state index contributed by atoms with van der Waals surface area (Å²) in [5.74, 6) is 1.03. The van der Waals surface area contributed by atoms with Crippen molar-refractivity contribution in [3.05, 3.63) is 23.8 Å². The van der Waals surface area contributed by atoms with Gasteiger partial charge in [0.25, 0.3) is 0 Å². The predicted molar refractivity (Wildman–Crippen MR) is 38.0 cm³/mol. The smallest absolute Gasteiger partial charge is 0.248 e. The third-order valence-electron chi connectivity index (χ3n) is 2.09. The average molecular weight is 135 g/mol. The Morgan fingerprint density at radius 1 is 1.60 bits per heavy atom. The minimum Gasteiger partial charge on any atom is -0.366 e. The molecule has 0 saturated heterocycles. The van der Waals surface area contributed by atoms with Crippen LogP contribution in [-0.4, -0.2) is 5.91 Å². The molecule has 0 spiro atoms. The van der Waals surface area contributed by atoms with Crippen molar-refractivity contribution < 1.29 is 4.79 Å². The van der Waals surface area contributed by atoms with Gasteiger partial charge in [-0.25, -0.2) is 0 Å². The standard InChI is InChI=1S/C8H9NO/c9-8(10)6-2-1-5-3-7(5)4-6/h1-2,4-5,7H,3H2,(H2,9,10). The first-order chi connectivity index (χ1) is 4.77. The van der Waals surface area contributed by atoms with Gasteiger partial charge in [-0.15, -0.1) is 0 Å². The second-order valence-corrected chi connectivity index (χ2v) is 2.91. The van der Waals surface area contributed by atoms with Gasteiger partial charge in [-0.05, 0) is 18.3 Å². The number of amides is 1. The van der Waals surface area contributed by atoms with E-state index in [2.05, 4.69) is 6.08 Å². The van der Waals surface area contributed by atoms with E-state index in [1.807, 2.05) is 12.2 Å². The molecule has 0 aliphatic heterocycles. The third kappa shape index (κ3) is 0.764. The van der Waals surface area contributed by atoms with Crippen LogP contribution in [0.3, 0.4) is 0 Å². The van der Waals surface area contributed by atoms with Crippen LogP contribution in [0.5, 0.6) is 0 Å². The molecule has 52 valence electrons. The predicted octanol–water partition coefficient (Wildman–Crippen LogP) is 0.604. The molecule has 2 atom stereocenters. The Hall–Kier alpha value is -1.05. The summed E-state index contributed by atoms with van der Waals surface area (Å²) < 4.78 is 0. The Bertz CT molecular complexity index is 240. The van der Waals surface area contributed by atoms with Crippen molar-refractivity contribution in [1.82, 2.24) is 0 Å². The van der Waals surface area contributed by atoms with E-state index in [1.54, 1.807) is 0 Å². The average Bonchev–Trinajstić information content (AvgIpc) is 2.63. The van der Waals surface area contributed by atoms with Gasteiger partial charge in [-0.3, -0.25) is 4.79 Å². The summed E-state index contributed by atoms with van der Waals surface area (Å²) >= 11 is 0. The van der Waals surface area contributed by atoms with Crippen molar-refractivity contribution in [3.8, 4) is 0 Å². The van der Waals surface area contributed by atoms with Crippen LogP contribution in [0.4, 0.5) is 0 Å². The Morgan fingerprint density at radius 3 is 3.00 bits per heavy atom. The van der Waals surface area contributed by atoms with Crippen molar-refractivity contribution in [1.29, 1.82) is 0 Å². The van der Waals surface area contributed by atoms with Crippen LogP contribution in [0.25, 0.3) is 0 Å². The van der Waals surface area contributed by atoms with Gasteiger partial charge >= 0.3 is 0 Å². The lowest BCUT2D eigenvalue weighted by atomic mass is 10.1. The number of fused-ring (bicyclic) bond motifs is 1. The normalized spacial score (nSPS) is 34.6. The molecular weight excluding hydrogens is 126 g/mol. The number of primary amides is 1. The minimum absolute atomic E-state index is 0.304. The van der Waals surface area contributed by atoms with Gasteiger partial charge in [0.15, 0.2) is 0 Å². The van der Waals surface area contributed by atoms with Crippen LogP contribution >= 0.6 is 0 Å². The van der Waals surface area contributed by atoms with Crippen molar-refractivity contribution in [2.75, 3.05) is 0 Å². The Morgan fingerprint density at radius 2 is 2.40 bits per heavy atom. The molecule has 1 amide bonds. The number of hydrogen-bond acceptors (Lipinski definition) is 1. The fourth-order valence-corrected chi connectivity index (χ4v) is 1.33. The van der Waals surface area contributed by atoms with Gasteiger partial charge in [0.2, 0.25) is 5.91 Å². The van der Waals surface area contributed by atoms with E-state index in [1.165, 1.54) is 6.42 Å². The second kappa shape index (κ2) is 1.72. The molecule has 0 aromatic rings. The van der Waals surface area contributed by atoms with Crippen LogP contribution in [0.15, 0.2) is 23.8 Å². The maximum atomic E-state index is 10.6.